The van der Waals surface area contributed by atoms with Crippen LogP contribution in [0.25, 0.3) is 0 Å². The first-order chi connectivity index (χ1) is 38.6. The first-order valence-corrected chi connectivity index (χ1v) is 30.4. The summed E-state index contributed by atoms with van der Waals surface area (Å²) in [5.41, 5.74) is 0.552. The highest BCUT2D eigenvalue weighted by Crippen LogP contribution is 2.31. The van der Waals surface area contributed by atoms with Crippen molar-refractivity contribution in [1.29, 1.82) is 0 Å². The van der Waals surface area contributed by atoms with Crippen molar-refractivity contribution in [3.05, 3.63) is 29.8 Å². The van der Waals surface area contributed by atoms with Crippen molar-refractivity contribution in [1.82, 2.24) is 25.5 Å². The Morgan fingerprint density at radius 3 is 2.00 bits per heavy atom. The minimum Gasteiger partial charge on any atom is -0.494 e. The van der Waals surface area contributed by atoms with Crippen molar-refractivity contribution in [3.63, 3.8) is 0 Å². The molecule has 19 heteroatoms. The fourth-order valence-electron chi connectivity index (χ4n) is 10.9. The number of benzene rings is 1. The quantitative estimate of drug-likeness (QED) is 0.0383. The van der Waals surface area contributed by atoms with Crippen LogP contribution in [0.5, 0.6) is 5.75 Å². The number of carbonyl (C=O) groups excluding carboxylic acids is 6. The molecule has 19 nitrogen and oxygen atoms in total. The molecular weight excluding hydrogens is 1040 g/mol. The summed E-state index contributed by atoms with van der Waals surface area (Å²) >= 11 is 0. The number of rotatable bonds is 40. The van der Waals surface area contributed by atoms with Crippen molar-refractivity contribution >= 4 is 42.0 Å². The van der Waals surface area contributed by atoms with Crippen LogP contribution < -0.4 is 15.4 Å². The van der Waals surface area contributed by atoms with Gasteiger partial charge in [0.1, 0.15) is 30.4 Å². The lowest BCUT2D eigenvalue weighted by Gasteiger charge is -2.36. The molecule has 1 aromatic rings. The summed E-state index contributed by atoms with van der Waals surface area (Å²) in [5, 5.41) is 7.47. The highest BCUT2D eigenvalue weighted by Gasteiger charge is 2.47. The predicted octanol–water partition coefficient (Wildman–Crippen LogP) is 7.08. The van der Waals surface area contributed by atoms with Crippen LogP contribution >= 0.6 is 0 Å². The zero-order valence-electron chi connectivity index (χ0n) is 52.2. The molecule has 9 atom stereocenters. The second-order valence-corrected chi connectivity index (χ2v) is 23.2. The Morgan fingerprint density at radius 2 is 1.44 bits per heavy atom. The van der Waals surface area contributed by atoms with E-state index in [2.05, 4.69) is 24.3 Å². The first kappa shape index (κ1) is 70.9. The van der Waals surface area contributed by atoms with E-state index in [0.717, 1.165) is 49.8 Å². The number of likely N-dealkylation sites (N-methyl/N-ethyl adjacent to an activating group) is 1. The number of amides is 5. The lowest BCUT2D eigenvalue weighted by atomic mass is 9.79. The fraction of sp³-hybridized carbons (Fsp3) is 0.790. The van der Waals surface area contributed by atoms with Gasteiger partial charge in [0, 0.05) is 58.0 Å². The fourth-order valence-corrected chi connectivity index (χ4v) is 10.9. The summed E-state index contributed by atoms with van der Waals surface area (Å²) in [6, 6.07) is 4.05. The normalized spacial score (nSPS) is 18.0. The van der Waals surface area contributed by atoms with E-state index in [1.807, 2.05) is 98.5 Å². The van der Waals surface area contributed by atoms with Gasteiger partial charge in [0.2, 0.25) is 17.7 Å². The summed E-state index contributed by atoms with van der Waals surface area (Å²) in [6.45, 7) is 30.6. The maximum Gasteiger partial charge on any atom is 0.409 e. The molecule has 2 fully saturated rings. The van der Waals surface area contributed by atoms with Gasteiger partial charge in [0.25, 0.3) is 5.91 Å². The molecule has 0 radical (unpaired) electrons. The third-order valence-electron chi connectivity index (χ3n) is 16.7. The Hall–Kier alpha value is -4.37. The Kier molecular flexibility index (Phi) is 32.4. The standard InChI is InChI=1S/C62H106N6O13/c1-16-20-33-80-48-27-25-47(26-28-48)41-49(60(73)68-31-21-22-34-81-68)63-58(71)46(10)57(76-15)50-24-23-30-67(50)53(70)42-51(75-14)56(45(9)17-2)66(13)61(74)54(43(5)6)64-59(72)55(44(7)8)65(12)32-36-78-38-40-79-39-37-77-35-29-52(69)62(11,18-3)19-4/h25-28,43-46,49-51,54-57H,13,16-24,29-42H2,1-12,14-15H3,(H-,63,64,71,72)/p+1. The highest BCUT2D eigenvalue weighted by molar-refractivity contribution is 5.89. The second kappa shape index (κ2) is 37.0. The number of unbranched alkanes of at least 4 members (excludes halogenated alkanes) is 1. The number of methoxy groups -OCH3 is 2. The first-order valence-electron chi connectivity index (χ1n) is 30.4. The molecule has 2 saturated heterocycles. The maximum absolute atomic E-state index is 14.7. The number of nitrogens with one attached hydrogen (secondary N) is 2. The zero-order chi connectivity index (χ0) is 60.2. The summed E-state index contributed by atoms with van der Waals surface area (Å²) < 4.78 is 36.6. The van der Waals surface area contributed by atoms with Gasteiger partial charge >= 0.3 is 5.91 Å². The van der Waals surface area contributed by atoms with Crippen LogP contribution in [0.15, 0.2) is 24.3 Å². The molecule has 0 bridgehead atoms. The van der Waals surface area contributed by atoms with E-state index in [-0.39, 0.29) is 65.4 Å². The van der Waals surface area contributed by atoms with Gasteiger partial charge in [-0.25, -0.2) is 9.86 Å². The van der Waals surface area contributed by atoms with Gasteiger partial charge in [-0.05, 0) is 87.9 Å². The largest absolute Gasteiger partial charge is 0.494 e. The van der Waals surface area contributed by atoms with Gasteiger partial charge in [-0.3, -0.25) is 33.7 Å². The summed E-state index contributed by atoms with van der Waals surface area (Å²) in [7, 11) is 4.93. The number of ketones is 1. The number of carbonyl (C=O) groups is 6. The molecule has 2 aliphatic rings. The molecule has 2 aliphatic heterocycles. The van der Waals surface area contributed by atoms with Crippen LogP contribution in [-0.2, 0) is 63.7 Å². The zero-order valence-corrected chi connectivity index (χ0v) is 52.2. The van der Waals surface area contributed by atoms with Crippen molar-refractivity contribution in [2.24, 2.45) is 29.1 Å². The van der Waals surface area contributed by atoms with Gasteiger partial charge in [-0.1, -0.05) is 94.7 Å². The van der Waals surface area contributed by atoms with Gasteiger partial charge in [-0.15, -0.1) is 0 Å². The molecule has 9 unspecified atom stereocenters. The number of hydrogen-bond acceptors (Lipinski definition) is 14. The van der Waals surface area contributed by atoms with E-state index in [1.54, 1.807) is 11.8 Å². The van der Waals surface area contributed by atoms with Crippen LogP contribution in [0.3, 0.4) is 0 Å². The van der Waals surface area contributed by atoms with Gasteiger partial charge < -0.3 is 44.0 Å². The molecule has 2 N–H and O–H groups in total. The van der Waals surface area contributed by atoms with E-state index in [4.69, 9.17) is 33.3 Å². The summed E-state index contributed by atoms with van der Waals surface area (Å²) in [6.07, 6.45) is 6.25. The van der Waals surface area contributed by atoms with E-state index in [1.165, 1.54) is 23.9 Å². The number of Topliss-reactive ketones (excluding diaryl/α,β-unsaturated/α-hetero) is 1. The third-order valence-corrected chi connectivity index (χ3v) is 16.7. The molecule has 0 aliphatic carbocycles. The number of ether oxygens (including phenoxy) is 6. The molecule has 0 saturated carbocycles. The second-order valence-electron chi connectivity index (χ2n) is 23.2. The van der Waals surface area contributed by atoms with Crippen molar-refractivity contribution in [2.75, 3.05) is 93.8 Å². The molecule has 5 amide bonds. The Labute approximate surface area is 486 Å². The molecular formula is C62H107N6O13+. The van der Waals surface area contributed by atoms with Gasteiger partial charge in [0.15, 0.2) is 12.1 Å². The molecule has 0 aromatic heterocycles. The average Bonchev–Trinajstić information content (AvgIpc) is 4.02. The minimum absolute atomic E-state index is 0.0736. The predicted molar refractivity (Wildman–Crippen MR) is 314 cm³/mol. The molecule has 2 heterocycles. The topological polar surface area (TPSA) is 204 Å². The lowest BCUT2D eigenvalue weighted by molar-refractivity contribution is -0.505. The van der Waals surface area contributed by atoms with Gasteiger partial charge in [-0.2, -0.15) is 4.58 Å². The summed E-state index contributed by atoms with van der Waals surface area (Å²) in [5.74, 6) is -1.96. The minimum atomic E-state index is -0.925. The van der Waals surface area contributed by atoms with Crippen LogP contribution in [0.2, 0.25) is 0 Å². The Morgan fingerprint density at radius 1 is 0.802 bits per heavy atom. The molecule has 81 heavy (non-hydrogen) atoms. The van der Waals surface area contributed by atoms with Gasteiger partial charge in [0.05, 0.1) is 83.4 Å². The van der Waals surface area contributed by atoms with E-state index in [0.29, 0.717) is 98.2 Å². The Balaban J connectivity index is 1.65. The number of nitrogens with zero attached hydrogens (tertiary/aromatic N) is 4. The van der Waals surface area contributed by atoms with Crippen molar-refractivity contribution in [2.45, 2.75) is 196 Å². The average molecular weight is 1140 g/mol. The third kappa shape index (κ3) is 22.0. The van der Waals surface area contributed by atoms with Crippen molar-refractivity contribution < 1.29 is 66.6 Å². The lowest BCUT2D eigenvalue weighted by Crippen LogP contribution is -2.58. The molecule has 3 rings (SSSR count). The SMILES string of the molecule is C=[N+](C(=O)C(NC(=O)C(C(C)C)N(C)CCOCCOCCOCCC(=O)C(C)(CC)CC)C(C)C)C(C(C)CC)C(CC(=O)N1CCCC1C(OC)C(C)C(=O)NC(Cc1ccc(OCCCC)cc1)C(=O)N1CCCCO1)OC. The van der Waals surface area contributed by atoms with Crippen molar-refractivity contribution in [3.8, 4) is 5.75 Å². The monoisotopic (exact) mass is 1140 g/mol. The maximum atomic E-state index is 14.7. The molecule has 462 valence electrons. The number of hydrogen-bond donors (Lipinski definition) is 2. The van der Waals surface area contributed by atoms with Crippen LogP contribution in [0.1, 0.15) is 152 Å². The Bertz CT molecular complexity index is 2060. The molecule has 0 spiro atoms. The smallest absolute Gasteiger partial charge is 0.409 e. The van der Waals surface area contributed by atoms with Crippen LogP contribution in [-0.4, -0.2) is 198 Å². The number of hydroxylamine groups is 2. The highest BCUT2D eigenvalue weighted by atomic mass is 16.7. The number of likely N-dealkylation sites (tertiary alicyclic amines) is 1. The van der Waals surface area contributed by atoms with E-state index in [9.17, 15) is 28.8 Å². The van der Waals surface area contributed by atoms with Crippen LogP contribution in [0.4, 0.5) is 0 Å². The van der Waals surface area contributed by atoms with Crippen LogP contribution in [0, 0.1) is 29.1 Å². The molecule has 1 aromatic carbocycles. The van der Waals surface area contributed by atoms with E-state index >= 15 is 0 Å². The summed E-state index contributed by atoms with van der Waals surface area (Å²) in [4.78, 5) is 93.8. The van der Waals surface area contributed by atoms with E-state index < -0.39 is 54.2 Å².